The zero-order valence-electron chi connectivity index (χ0n) is 6.99. The summed E-state index contributed by atoms with van der Waals surface area (Å²) in [5.74, 6) is -3.56. The van der Waals surface area contributed by atoms with Crippen LogP contribution in [0, 0.1) is 0 Å². The van der Waals surface area contributed by atoms with Gasteiger partial charge in [0.2, 0.25) is 0 Å². The Labute approximate surface area is 80.4 Å². The Morgan fingerprint density at radius 3 is 2.53 bits per heavy atom. The highest BCUT2D eigenvalue weighted by Gasteiger charge is 2.42. The molecule has 0 saturated carbocycles. The molecule has 0 fully saturated rings. The predicted octanol–water partition coefficient (Wildman–Crippen LogP) is -0.501. The molecule has 0 aliphatic carbocycles. The SMILES string of the molecule is NC(=O)c1ccnn1OC(=O)C(F)(F)F. The fraction of sp³-hybridized carbons (Fsp3) is 0.167. The average Bonchev–Trinajstić information content (AvgIpc) is 2.50. The molecule has 6 nitrogen and oxygen atoms in total. The maximum Gasteiger partial charge on any atom is 0.493 e. The molecule has 1 aromatic rings. The lowest BCUT2D eigenvalue weighted by atomic mass is 10.4. The van der Waals surface area contributed by atoms with Crippen molar-refractivity contribution in [3.05, 3.63) is 18.0 Å². The molecule has 1 aromatic heterocycles. The molecule has 0 radical (unpaired) electrons. The second kappa shape index (κ2) is 3.59. The Hall–Kier alpha value is -2.06. The summed E-state index contributed by atoms with van der Waals surface area (Å²) in [7, 11) is 0. The van der Waals surface area contributed by atoms with Crippen molar-refractivity contribution in [1.82, 2.24) is 9.94 Å². The molecule has 15 heavy (non-hydrogen) atoms. The summed E-state index contributed by atoms with van der Waals surface area (Å²) in [4.78, 5) is 24.8. The Morgan fingerprint density at radius 1 is 1.47 bits per heavy atom. The number of alkyl halides is 3. The van der Waals surface area contributed by atoms with E-state index in [0.717, 1.165) is 12.3 Å². The van der Waals surface area contributed by atoms with Crippen LogP contribution in [-0.4, -0.2) is 28.0 Å². The van der Waals surface area contributed by atoms with E-state index in [0.29, 0.717) is 0 Å². The van der Waals surface area contributed by atoms with Gasteiger partial charge in [-0.1, -0.05) is 4.85 Å². The summed E-state index contributed by atoms with van der Waals surface area (Å²) in [6.07, 6.45) is -4.20. The van der Waals surface area contributed by atoms with E-state index in [1.54, 1.807) is 0 Å². The predicted molar refractivity (Wildman–Crippen MR) is 38.4 cm³/mol. The third-order valence-corrected chi connectivity index (χ3v) is 1.26. The lowest BCUT2D eigenvalue weighted by Crippen LogP contribution is -2.35. The molecular formula is C6H4F3N3O3. The van der Waals surface area contributed by atoms with Gasteiger partial charge in [-0.3, -0.25) is 4.79 Å². The van der Waals surface area contributed by atoms with Crippen LogP contribution in [0.15, 0.2) is 12.3 Å². The normalized spacial score (nSPS) is 11.1. The van der Waals surface area contributed by atoms with Gasteiger partial charge < -0.3 is 10.6 Å². The number of primary amides is 1. The monoisotopic (exact) mass is 223 g/mol. The van der Waals surface area contributed by atoms with Gasteiger partial charge in [0, 0.05) is 0 Å². The van der Waals surface area contributed by atoms with E-state index in [1.807, 2.05) is 0 Å². The Morgan fingerprint density at radius 2 is 2.07 bits per heavy atom. The van der Waals surface area contributed by atoms with Crippen molar-refractivity contribution in [2.75, 3.05) is 0 Å². The molecule has 82 valence electrons. The number of nitrogens with two attached hydrogens (primary N) is 1. The molecule has 1 heterocycles. The van der Waals surface area contributed by atoms with E-state index in [9.17, 15) is 22.8 Å². The topological polar surface area (TPSA) is 87.2 Å². The Kier molecular flexibility index (Phi) is 2.64. The number of carbonyl (C=O) groups is 2. The van der Waals surface area contributed by atoms with Crippen molar-refractivity contribution in [2.24, 2.45) is 5.73 Å². The molecule has 0 spiro atoms. The van der Waals surface area contributed by atoms with Crippen LogP contribution in [0.3, 0.4) is 0 Å². The van der Waals surface area contributed by atoms with Gasteiger partial charge >= 0.3 is 12.1 Å². The number of nitrogens with zero attached hydrogens (tertiary/aromatic N) is 2. The zero-order valence-corrected chi connectivity index (χ0v) is 6.99. The molecule has 0 unspecified atom stereocenters. The van der Waals surface area contributed by atoms with Gasteiger partial charge in [0.05, 0.1) is 6.20 Å². The number of rotatable bonds is 2. The fourth-order valence-corrected chi connectivity index (χ4v) is 0.670. The average molecular weight is 223 g/mol. The molecule has 0 aliphatic heterocycles. The minimum absolute atomic E-state index is 0.109. The van der Waals surface area contributed by atoms with Crippen LogP contribution in [0.5, 0.6) is 0 Å². The van der Waals surface area contributed by atoms with Crippen LogP contribution in [-0.2, 0) is 4.79 Å². The zero-order chi connectivity index (χ0) is 11.6. The van der Waals surface area contributed by atoms with Crippen molar-refractivity contribution in [3.8, 4) is 0 Å². The summed E-state index contributed by atoms with van der Waals surface area (Å²) >= 11 is 0. The maximum absolute atomic E-state index is 11.7. The highest BCUT2D eigenvalue weighted by atomic mass is 19.4. The van der Waals surface area contributed by atoms with Gasteiger partial charge in [-0.15, -0.1) is 5.10 Å². The maximum atomic E-state index is 11.7. The molecule has 0 saturated heterocycles. The number of aromatic nitrogens is 2. The second-order valence-electron chi connectivity index (χ2n) is 2.33. The van der Waals surface area contributed by atoms with Gasteiger partial charge in [0.1, 0.15) is 0 Å². The third-order valence-electron chi connectivity index (χ3n) is 1.26. The molecular weight excluding hydrogens is 219 g/mol. The summed E-state index contributed by atoms with van der Waals surface area (Å²) in [6, 6.07) is 1.01. The van der Waals surface area contributed by atoms with E-state index in [-0.39, 0.29) is 4.85 Å². The number of hydrogen-bond acceptors (Lipinski definition) is 4. The molecule has 0 aliphatic rings. The smallest absolute Gasteiger partial charge is 0.364 e. The highest BCUT2D eigenvalue weighted by molar-refractivity contribution is 5.91. The molecule has 0 atom stereocenters. The van der Waals surface area contributed by atoms with Crippen molar-refractivity contribution < 1.29 is 27.6 Å². The minimum Gasteiger partial charge on any atom is -0.364 e. The lowest BCUT2D eigenvalue weighted by molar-refractivity contribution is -0.201. The van der Waals surface area contributed by atoms with E-state index in [1.165, 1.54) is 0 Å². The van der Waals surface area contributed by atoms with E-state index in [2.05, 4.69) is 9.94 Å². The van der Waals surface area contributed by atoms with E-state index >= 15 is 0 Å². The standard InChI is InChI=1S/C6H4F3N3O3/c7-6(8,9)5(14)15-12-3(4(10)13)1-2-11-12/h1-2H,(H2,10,13). The molecule has 0 bridgehead atoms. The number of carbonyl (C=O) groups excluding carboxylic acids is 2. The van der Waals surface area contributed by atoms with Crippen molar-refractivity contribution in [2.45, 2.75) is 6.18 Å². The Balaban J connectivity index is 2.86. The van der Waals surface area contributed by atoms with Crippen LogP contribution in [0.2, 0.25) is 0 Å². The van der Waals surface area contributed by atoms with Crippen LogP contribution in [0.1, 0.15) is 10.5 Å². The quantitative estimate of drug-likeness (QED) is 0.732. The molecule has 1 rings (SSSR count). The summed E-state index contributed by atoms with van der Waals surface area (Å²) in [5, 5.41) is 3.16. The van der Waals surface area contributed by atoms with Gasteiger partial charge in [0.15, 0.2) is 5.69 Å². The summed E-state index contributed by atoms with van der Waals surface area (Å²) in [6.45, 7) is 0. The van der Waals surface area contributed by atoms with E-state index in [4.69, 9.17) is 5.73 Å². The van der Waals surface area contributed by atoms with Gasteiger partial charge in [-0.2, -0.15) is 13.2 Å². The van der Waals surface area contributed by atoms with Crippen LogP contribution >= 0.6 is 0 Å². The van der Waals surface area contributed by atoms with Crippen LogP contribution < -0.4 is 10.6 Å². The van der Waals surface area contributed by atoms with Crippen molar-refractivity contribution in [3.63, 3.8) is 0 Å². The molecule has 9 heteroatoms. The second-order valence-corrected chi connectivity index (χ2v) is 2.33. The van der Waals surface area contributed by atoms with Gasteiger partial charge in [-0.25, -0.2) is 4.79 Å². The van der Waals surface area contributed by atoms with Crippen molar-refractivity contribution >= 4 is 11.9 Å². The summed E-state index contributed by atoms with van der Waals surface area (Å²) in [5.41, 5.74) is 4.31. The van der Waals surface area contributed by atoms with Crippen LogP contribution in [0.4, 0.5) is 13.2 Å². The van der Waals surface area contributed by atoms with E-state index < -0.39 is 23.7 Å². The highest BCUT2D eigenvalue weighted by Crippen LogP contribution is 2.15. The number of halogens is 3. The number of amides is 1. The lowest BCUT2D eigenvalue weighted by Gasteiger charge is -2.06. The first-order chi connectivity index (χ1) is 6.82. The fourth-order valence-electron chi connectivity index (χ4n) is 0.670. The molecule has 2 N–H and O–H groups in total. The molecule has 0 aromatic carbocycles. The minimum atomic E-state index is -5.17. The molecule has 1 amide bonds. The summed E-state index contributed by atoms with van der Waals surface area (Å²) < 4.78 is 35.2. The first kappa shape index (κ1) is 11.0. The Bertz CT molecular complexity index is 398. The third kappa shape index (κ3) is 2.45. The first-order valence-corrected chi connectivity index (χ1v) is 3.45. The first-order valence-electron chi connectivity index (χ1n) is 3.45. The van der Waals surface area contributed by atoms with Crippen LogP contribution in [0.25, 0.3) is 0 Å². The number of hydrogen-bond donors (Lipinski definition) is 1. The largest absolute Gasteiger partial charge is 0.493 e. The van der Waals surface area contributed by atoms with Gasteiger partial charge in [0.25, 0.3) is 5.91 Å². The van der Waals surface area contributed by atoms with Gasteiger partial charge in [-0.05, 0) is 6.07 Å². The van der Waals surface area contributed by atoms with Crippen molar-refractivity contribution in [1.29, 1.82) is 0 Å².